The molecule has 30 heavy (non-hydrogen) atoms. The van der Waals surface area contributed by atoms with Gasteiger partial charge in [-0.1, -0.05) is 34.8 Å². The third-order valence-electron chi connectivity index (χ3n) is 4.03. The van der Waals surface area contributed by atoms with Gasteiger partial charge in [0.15, 0.2) is 6.61 Å². The van der Waals surface area contributed by atoms with Gasteiger partial charge in [-0.3, -0.25) is 19.8 Å². The van der Waals surface area contributed by atoms with Crippen LogP contribution >= 0.6 is 34.8 Å². The van der Waals surface area contributed by atoms with E-state index in [9.17, 15) is 19.2 Å². The fourth-order valence-electron chi connectivity index (χ4n) is 2.55. The summed E-state index contributed by atoms with van der Waals surface area (Å²) in [6, 6.07) is 8.56. The van der Waals surface area contributed by atoms with Gasteiger partial charge in [0.05, 0.1) is 32.0 Å². The van der Waals surface area contributed by atoms with Crippen molar-refractivity contribution in [2.45, 2.75) is 12.8 Å². The summed E-state index contributed by atoms with van der Waals surface area (Å²) in [4.78, 5) is 47.5. The lowest BCUT2D eigenvalue weighted by Crippen LogP contribution is -2.50. The second-order valence-corrected chi connectivity index (χ2v) is 7.40. The number of hydrazine groups is 1. The molecule has 2 N–H and O–H groups in total. The van der Waals surface area contributed by atoms with Gasteiger partial charge in [-0.25, -0.2) is 9.80 Å². The lowest BCUT2D eigenvalue weighted by atomic mass is 10.2. The van der Waals surface area contributed by atoms with Crippen LogP contribution in [0.3, 0.4) is 0 Å². The Bertz CT molecular complexity index is 1030. The number of nitrogens with one attached hydrogen (secondary N) is 2. The normalized spacial score (nSPS) is 13.6. The first kappa shape index (κ1) is 21.9. The summed E-state index contributed by atoms with van der Waals surface area (Å²) in [5, 5.41) is 4.21. The number of anilines is 2. The van der Waals surface area contributed by atoms with E-state index in [2.05, 4.69) is 10.7 Å². The summed E-state index contributed by atoms with van der Waals surface area (Å²) in [6.07, 6.45) is 0.239. The smallest absolute Gasteiger partial charge is 0.338 e. The molecule has 0 aromatic heterocycles. The van der Waals surface area contributed by atoms with Crippen LogP contribution in [0.5, 0.6) is 0 Å². The number of carbonyl (C=O) groups is 4. The number of hydrogen-bond donors (Lipinski definition) is 2. The summed E-state index contributed by atoms with van der Waals surface area (Å²) >= 11 is 17.7. The molecular formula is C19H14Cl3N3O5. The van der Waals surface area contributed by atoms with E-state index < -0.39 is 18.5 Å². The van der Waals surface area contributed by atoms with E-state index in [1.807, 2.05) is 0 Å². The van der Waals surface area contributed by atoms with E-state index >= 15 is 0 Å². The van der Waals surface area contributed by atoms with Gasteiger partial charge < -0.3 is 10.1 Å². The summed E-state index contributed by atoms with van der Waals surface area (Å²) in [6.45, 7) is -0.558. The molecule has 2 aromatic carbocycles. The highest BCUT2D eigenvalue weighted by Crippen LogP contribution is 2.32. The maximum atomic E-state index is 12.2. The monoisotopic (exact) mass is 469 g/mol. The van der Waals surface area contributed by atoms with E-state index in [1.165, 1.54) is 36.4 Å². The maximum absolute atomic E-state index is 12.2. The molecule has 1 saturated heterocycles. The Kier molecular flexibility index (Phi) is 6.81. The van der Waals surface area contributed by atoms with Crippen LogP contribution in [0.15, 0.2) is 36.4 Å². The molecule has 8 nitrogen and oxygen atoms in total. The molecule has 11 heteroatoms. The Hall–Kier alpha value is -2.81. The van der Waals surface area contributed by atoms with Crippen molar-refractivity contribution in [1.82, 2.24) is 5.43 Å². The predicted molar refractivity (Wildman–Crippen MR) is 112 cm³/mol. The molecule has 3 rings (SSSR count). The summed E-state index contributed by atoms with van der Waals surface area (Å²) in [5.74, 6) is -1.90. The summed E-state index contributed by atoms with van der Waals surface area (Å²) in [7, 11) is 0. The molecule has 0 saturated carbocycles. The number of nitrogens with zero attached hydrogens (tertiary/aromatic N) is 1. The highest BCUT2D eigenvalue weighted by molar-refractivity contribution is 6.44. The zero-order valence-corrected chi connectivity index (χ0v) is 17.5. The molecule has 1 heterocycles. The van der Waals surface area contributed by atoms with E-state index in [0.717, 1.165) is 5.01 Å². The van der Waals surface area contributed by atoms with Crippen LogP contribution in [0.4, 0.5) is 11.4 Å². The number of halogens is 3. The van der Waals surface area contributed by atoms with Crippen LogP contribution < -0.4 is 15.8 Å². The van der Waals surface area contributed by atoms with Crippen LogP contribution in [0.1, 0.15) is 23.2 Å². The molecule has 0 bridgehead atoms. The van der Waals surface area contributed by atoms with E-state index in [0.29, 0.717) is 5.69 Å². The largest absolute Gasteiger partial charge is 0.452 e. The Balaban J connectivity index is 1.57. The second-order valence-electron chi connectivity index (χ2n) is 6.18. The molecular weight excluding hydrogens is 457 g/mol. The zero-order chi connectivity index (χ0) is 21.8. The van der Waals surface area contributed by atoms with Crippen LogP contribution in [-0.4, -0.2) is 30.3 Å². The highest BCUT2D eigenvalue weighted by atomic mass is 35.5. The number of esters is 1. The fourth-order valence-corrected chi connectivity index (χ4v) is 3.14. The summed E-state index contributed by atoms with van der Waals surface area (Å²) < 4.78 is 4.98. The maximum Gasteiger partial charge on any atom is 0.338 e. The van der Waals surface area contributed by atoms with Gasteiger partial charge in [0.2, 0.25) is 11.8 Å². The van der Waals surface area contributed by atoms with Crippen molar-refractivity contribution < 1.29 is 23.9 Å². The molecule has 2 aromatic rings. The molecule has 156 valence electrons. The van der Waals surface area contributed by atoms with Crippen molar-refractivity contribution in [1.29, 1.82) is 0 Å². The average Bonchev–Trinajstić information content (AvgIpc) is 2.72. The fraction of sp³-hybridized carbons (Fsp3) is 0.158. The molecule has 0 radical (unpaired) electrons. The molecule has 0 unspecified atom stereocenters. The third-order valence-corrected chi connectivity index (χ3v) is 5.07. The van der Waals surface area contributed by atoms with Crippen molar-refractivity contribution in [2.75, 3.05) is 16.9 Å². The SMILES string of the molecule is O=C(COC(=O)c1ccc(N2NC(=O)CCC2=O)cc1)Nc1cc(Cl)c(Cl)cc1Cl. The van der Waals surface area contributed by atoms with Gasteiger partial charge in [-0.05, 0) is 36.4 Å². The lowest BCUT2D eigenvalue weighted by molar-refractivity contribution is -0.130. The Labute approximate surface area is 186 Å². The minimum atomic E-state index is -0.744. The van der Waals surface area contributed by atoms with Gasteiger partial charge in [0.1, 0.15) is 0 Å². The van der Waals surface area contributed by atoms with Crippen molar-refractivity contribution in [3.8, 4) is 0 Å². The van der Waals surface area contributed by atoms with E-state index in [1.54, 1.807) is 0 Å². The highest BCUT2D eigenvalue weighted by Gasteiger charge is 2.24. The van der Waals surface area contributed by atoms with Gasteiger partial charge in [0.25, 0.3) is 5.91 Å². The molecule has 0 atom stereocenters. The van der Waals surface area contributed by atoms with Gasteiger partial charge in [-0.15, -0.1) is 0 Å². The number of carbonyl (C=O) groups excluding carboxylic acids is 4. The van der Waals surface area contributed by atoms with Crippen LogP contribution in [0.2, 0.25) is 15.1 Å². The van der Waals surface area contributed by atoms with Gasteiger partial charge in [0, 0.05) is 12.8 Å². The standard InChI is InChI=1S/C19H14Cl3N3O5/c20-12-7-14(22)15(8-13(12)21)23-17(27)9-30-19(29)10-1-3-11(4-2-10)25-18(28)6-5-16(26)24-25/h1-4,7-8H,5-6,9H2,(H,23,27)(H,24,26). The molecule has 1 fully saturated rings. The Morgan fingerprint density at radius 2 is 1.67 bits per heavy atom. The van der Waals surface area contributed by atoms with Gasteiger partial charge >= 0.3 is 5.97 Å². The number of amides is 3. The molecule has 3 amide bonds. The lowest BCUT2D eigenvalue weighted by Gasteiger charge is -2.27. The van der Waals surface area contributed by atoms with Crippen molar-refractivity contribution >= 4 is 69.9 Å². The van der Waals surface area contributed by atoms with E-state index in [-0.39, 0.29) is 51.0 Å². The minimum Gasteiger partial charge on any atom is -0.452 e. The number of hydrogen-bond acceptors (Lipinski definition) is 5. The van der Waals surface area contributed by atoms with Crippen LogP contribution in [0.25, 0.3) is 0 Å². The topological polar surface area (TPSA) is 105 Å². The minimum absolute atomic E-state index is 0.105. The van der Waals surface area contributed by atoms with E-state index in [4.69, 9.17) is 39.5 Å². The quantitative estimate of drug-likeness (QED) is 0.513. The molecule has 0 spiro atoms. The number of benzene rings is 2. The van der Waals surface area contributed by atoms with Crippen LogP contribution in [-0.2, 0) is 19.1 Å². The summed E-state index contributed by atoms with van der Waals surface area (Å²) in [5.41, 5.74) is 3.24. The zero-order valence-electron chi connectivity index (χ0n) is 15.2. The van der Waals surface area contributed by atoms with Crippen molar-refractivity contribution in [3.63, 3.8) is 0 Å². The first-order valence-electron chi connectivity index (χ1n) is 8.58. The third kappa shape index (κ3) is 5.21. The molecule has 1 aliphatic rings. The average molecular weight is 471 g/mol. The molecule has 1 aliphatic heterocycles. The van der Waals surface area contributed by atoms with Crippen LogP contribution in [0, 0.1) is 0 Å². The number of ether oxygens (including phenoxy) is 1. The van der Waals surface area contributed by atoms with Crippen molar-refractivity contribution in [2.24, 2.45) is 0 Å². The molecule has 0 aliphatic carbocycles. The Morgan fingerprint density at radius 3 is 2.37 bits per heavy atom. The first-order chi connectivity index (χ1) is 14.2. The number of rotatable bonds is 5. The second kappa shape index (κ2) is 9.34. The van der Waals surface area contributed by atoms with Crippen molar-refractivity contribution in [3.05, 3.63) is 57.0 Å². The first-order valence-corrected chi connectivity index (χ1v) is 9.72. The predicted octanol–water partition coefficient (Wildman–Crippen LogP) is 3.60. The van der Waals surface area contributed by atoms with Gasteiger partial charge in [-0.2, -0.15) is 0 Å². The Morgan fingerprint density at radius 1 is 1.00 bits per heavy atom.